The second kappa shape index (κ2) is 13.8. The molecule has 1 saturated carbocycles. The third-order valence-electron chi connectivity index (χ3n) is 5.23. The number of aryl methyl sites for hydroxylation is 1. The van der Waals surface area contributed by atoms with E-state index in [0.717, 1.165) is 37.1 Å². The van der Waals surface area contributed by atoms with E-state index in [1.165, 1.54) is 11.1 Å². The average molecular weight is 591 g/mol. The summed E-state index contributed by atoms with van der Waals surface area (Å²) in [5.41, 5.74) is 9.63. The molecule has 185 valence electrons. The fraction of sp³-hybridized carbons (Fsp3) is 0.478. The van der Waals surface area contributed by atoms with Gasteiger partial charge in [0.15, 0.2) is 0 Å². The van der Waals surface area contributed by atoms with Gasteiger partial charge in [-0.2, -0.15) is 19.2 Å². The molecule has 2 atom stereocenters. The zero-order chi connectivity index (χ0) is 25.2. The molecule has 33 heavy (non-hydrogen) atoms. The molecule has 0 aliphatic heterocycles. The maximum Gasteiger partial charge on any atom is 0.416 e. The molecule has 1 aliphatic carbocycles. The summed E-state index contributed by atoms with van der Waals surface area (Å²) < 4.78 is 65.2. The molecule has 10 heteroatoms. The van der Waals surface area contributed by atoms with Crippen molar-refractivity contribution in [2.24, 2.45) is 0 Å². The van der Waals surface area contributed by atoms with Crippen LogP contribution in [0.15, 0.2) is 53.4 Å². The number of halogens is 4. The Balaban J connectivity index is 0.000000380. The molecule has 3 rings (SSSR count). The van der Waals surface area contributed by atoms with Crippen LogP contribution in [0.25, 0.3) is 10.5 Å². The number of nitrogens with one attached hydrogen (secondary N) is 1. The molecule has 1 N–H and O–H groups in total. The Hall–Kier alpha value is -0.987. The molecule has 2 aromatic rings. The number of hydrogen-bond donors (Lipinski definition) is 0. The van der Waals surface area contributed by atoms with Crippen molar-refractivity contribution in [3.05, 3.63) is 75.7 Å². The first-order valence-electron chi connectivity index (χ1n) is 10.5. The molecule has 0 aromatic heterocycles. The Kier molecular flexibility index (Phi) is 12.6. The van der Waals surface area contributed by atoms with Gasteiger partial charge in [0, 0.05) is 4.90 Å². The first kappa shape index (κ1) is 30.0. The minimum atomic E-state index is -4.50. The normalized spacial score (nSPS) is 18.6. The summed E-state index contributed by atoms with van der Waals surface area (Å²) in [5, 5.41) is 0. The van der Waals surface area contributed by atoms with Crippen molar-refractivity contribution in [1.29, 1.82) is 0 Å². The summed E-state index contributed by atoms with van der Waals surface area (Å²) in [6, 6.07) is 10.8. The van der Waals surface area contributed by atoms with Gasteiger partial charge in [0.2, 0.25) is 0 Å². The van der Waals surface area contributed by atoms with Gasteiger partial charge in [-0.3, -0.25) is 0 Å². The van der Waals surface area contributed by atoms with Gasteiger partial charge in [0.1, 0.15) is 10.0 Å². The first-order valence-corrected chi connectivity index (χ1v) is 14.1. The molecule has 0 amide bonds. The third-order valence-corrected chi connectivity index (χ3v) is 6.64. The summed E-state index contributed by atoms with van der Waals surface area (Å²) in [5.74, 6) is 0.653. The predicted octanol–water partition coefficient (Wildman–Crippen LogP) is 7.94. The van der Waals surface area contributed by atoms with Crippen LogP contribution in [-0.2, 0) is 33.5 Å². The van der Waals surface area contributed by atoms with Crippen LogP contribution in [-0.4, -0.2) is 20.5 Å². The molecule has 0 unspecified atom stereocenters. The molecule has 0 radical (unpaired) electrons. The molecule has 0 bridgehead atoms. The van der Waals surface area contributed by atoms with Gasteiger partial charge in [-0.1, -0.05) is 69.4 Å². The molecule has 2 aromatic carbocycles. The maximum atomic E-state index is 12.4. The minimum Gasteiger partial charge on any atom is -0.676 e. The van der Waals surface area contributed by atoms with Gasteiger partial charge in [-0.25, -0.2) is 8.42 Å². The molecule has 4 nitrogen and oxygen atoms in total. The van der Waals surface area contributed by atoms with Gasteiger partial charge in [0.25, 0.3) is 0 Å². The molecule has 0 spiro atoms. The fourth-order valence-electron chi connectivity index (χ4n) is 3.24. The summed E-state index contributed by atoms with van der Waals surface area (Å²) in [4.78, 5) is -0.270. The van der Waals surface area contributed by atoms with Gasteiger partial charge < -0.3 is 10.5 Å². The van der Waals surface area contributed by atoms with Crippen LogP contribution in [0, 0.1) is 6.92 Å². The molecule has 0 saturated heterocycles. The molecule has 1 fully saturated rings. The Labute approximate surface area is 209 Å². The zero-order valence-electron chi connectivity index (χ0n) is 18.7. The second-order valence-corrected chi connectivity index (χ2v) is 9.76. The monoisotopic (exact) mass is 591 g/mol. The smallest absolute Gasteiger partial charge is 0.416 e. The number of nitrogens with zero attached hydrogens (tertiary/aromatic N) is 1. The van der Waals surface area contributed by atoms with Crippen LogP contribution >= 0.6 is 9.69 Å². The van der Waals surface area contributed by atoms with Crippen molar-refractivity contribution in [2.75, 3.05) is 0 Å². The SMILES string of the molecule is Cc1ccc(C(C)C)cc1.[Cl][Ru+2].[NH-][C@H]1CCCC[C@@H]1[N-]S(=O)(=O)c1ccc(C(F)(F)F)cc1. The molecule has 1 aliphatic rings. The van der Waals surface area contributed by atoms with E-state index in [0.29, 0.717) is 18.8 Å². The van der Waals surface area contributed by atoms with Crippen molar-refractivity contribution >= 4 is 19.7 Å². The van der Waals surface area contributed by atoms with Crippen molar-refractivity contribution in [2.45, 2.75) is 75.5 Å². The molecular formula is C23H29ClF3N2O2RuS. The van der Waals surface area contributed by atoms with Gasteiger partial charge in [0.05, 0.1) is 5.56 Å². The largest absolute Gasteiger partial charge is 0.676 e. The van der Waals surface area contributed by atoms with E-state index in [9.17, 15) is 21.6 Å². The number of benzene rings is 2. The number of sulfonamides is 1. The topological polar surface area (TPSA) is 72.0 Å². The van der Waals surface area contributed by atoms with Crippen LogP contribution in [0.4, 0.5) is 13.2 Å². The van der Waals surface area contributed by atoms with Crippen LogP contribution < -0.4 is 0 Å². The Morgan fingerprint density at radius 3 is 1.97 bits per heavy atom. The van der Waals surface area contributed by atoms with Gasteiger partial charge in [-0.05, 0) is 42.7 Å². The van der Waals surface area contributed by atoms with Crippen LogP contribution in [0.1, 0.15) is 62.1 Å². The maximum absolute atomic E-state index is 12.4. The Bertz CT molecular complexity index is 938. The fourth-order valence-corrected chi connectivity index (χ4v) is 4.45. The van der Waals surface area contributed by atoms with E-state index in [2.05, 4.69) is 59.4 Å². The van der Waals surface area contributed by atoms with Gasteiger partial charge >= 0.3 is 33.2 Å². The standard InChI is InChI=1S/C13H15F3N2O2S.C10H14.ClH.Ru/c14-13(15,16)9-5-7-10(8-6-9)21(19,20)18-12-4-2-1-3-11(12)17;1-8(2)10-6-4-9(3)5-7-10;;/h5-8,11-12,17H,1-4H2;4-8H,1-3H3;1H;/q-2;;;+3/p-1/t11-,12-;;;/m0.../s1. The number of rotatable bonds is 4. The van der Waals surface area contributed by atoms with Crippen LogP contribution in [0.5, 0.6) is 0 Å². The summed E-state index contributed by atoms with van der Waals surface area (Å²) in [6.07, 6.45) is -1.70. The van der Waals surface area contributed by atoms with E-state index in [1.54, 1.807) is 0 Å². The third kappa shape index (κ3) is 10.0. The zero-order valence-corrected chi connectivity index (χ0v) is 22.0. The predicted molar refractivity (Wildman–Crippen MR) is 123 cm³/mol. The first-order chi connectivity index (χ1) is 15.4. The van der Waals surface area contributed by atoms with E-state index >= 15 is 0 Å². The van der Waals surface area contributed by atoms with Crippen molar-refractivity contribution in [1.82, 2.24) is 0 Å². The van der Waals surface area contributed by atoms with E-state index < -0.39 is 33.8 Å². The average Bonchev–Trinajstić information content (AvgIpc) is 2.77. The summed E-state index contributed by atoms with van der Waals surface area (Å²) >= 11 is 1.82. The minimum absolute atomic E-state index is 0.270. The van der Waals surface area contributed by atoms with Crippen molar-refractivity contribution < 1.29 is 38.9 Å². The van der Waals surface area contributed by atoms with Crippen LogP contribution in [0.2, 0.25) is 0 Å². The molecule has 0 heterocycles. The number of alkyl halides is 3. The quantitative estimate of drug-likeness (QED) is 0.339. The Morgan fingerprint density at radius 1 is 1.00 bits per heavy atom. The molecular weight excluding hydrogens is 562 g/mol. The summed E-state index contributed by atoms with van der Waals surface area (Å²) in [7, 11) is 0.551. The van der Waals surface area contributed by atoms with Gasteiger partial charge in [-0.15, -0.1) is 6.04 Å². The van der Waals surface area contributed by atoms with E-state index in [-0.39, 0.29) is 4.90 Å². The second-order valence-electron chi connectivity index (χ2n) is 8.13. The number of hydrogen-bond acceptors (Lipinski definition) is 2. The Morgan fingerprint density at radius 2 is 1.52 bits per heavy atom. The van der Waals surface area contributed by atoms with Crippen molar-refractivity contribution in [3.8, 4) is 0 Å². The summed E-state index contributed by atoms with van der Waals surface area (Å²) in [6.45, 7) is 6.54. The van der Waals surface area contributed by atoms with Crippen molar-refractivity contribution in [3.63, 3.8) is 0 Å². The van der Waals surface area contributed by atoms with Crippen LogP contribution in [0.3, 0.4) is 0 Å². The van der Waals surface area contributed by atoms with E-state index in [1.807, 2.05) is 17.3 Å². The van der Waals surface area contributed by atoms with E-state index in [4.69, 9.17) is 5.73 Å².